The van der Waals surface area contributed by atoms with Gasteiger partial charge in [-0.05, 0) is 43.9 Å². The lowest BCUT2D eigenvalue weighted by Crippen LogP contribution is -2.40. The average Bonchev–Trinajstić information content (AvgIpc) is 2.41. The van der Waals surface area contributed by atoms with Gasteiger partial charge in [-0.15, -0.1) is 0 Å². The van der Waals surface area contributed by atoms with Crippen LogP contribution in [-0.2, 0) is 0 Å². The maximum Gasteiger partial charge on any atom is 0.119 e. The summed E-state index contributed by atoms with van der Waals surface area (Å²) in [4.78, 5) is 0. The van der Waals surface area contributed by atoms with Crippen molar-refractivity contribution in [1.82, 2.24) is 5.32 Å². The van der Waals surface area contributed by atoms with E-state index in [1.165, 1.54) is 25.7 Å². The monoisotopic (exact) mass is 247 g/mol. The van der Waals surface area contributed by atoms with Gasteiger partial charge in [0.2, 0.25) is 0 Å². The Labute approximate surface area is 111 Å². The van der Waals surface area contributed by atoms with Gasteiger partial charge in [0, 0.05) is 6.04 Å². The molecule has 1 aromatic carbocycles. The van der Waals surface area contributed by atoms with Crippen molar-refractivity contribution in [2.24, 2.45) is 11.8 Å². The van der Waals surface area contributed by atoms with Crippen molar-refractivity contribution in [3.8, 4) is 5.75 Å². The maximum atomic E-state index is 5.88. The van der Waals surface area contributed by atoms with Crippen LogP contribution < -0.4 is 10.1 Å². The highest BCUT2D eigenvalue weighted by Gasteiger charge is 2.26. The van der Waals surface area contributed by atoms with Gasteiger partial charge in [-0.3, -0.25) is 0 Å². The number of rotatable bonds is 5. The van der Waals surface area contributed by atoms with Crippen LogP contribution in [-0.4, -0.2) is 19.7 Å². The molecule has 0 saturated heterocycles. The number of nitrogens with one attached hydrogen (secondary N) is 1. The molecule has 100 valence electrons. The van der Waals surface area contributed by atoms with Gasteiger partial charge in [-0.1, -0.05) is 38.0 Å². The molecule has 1 aliphatic carbocycles. The molecule has 3 atom stereocenters. The minimum Gasteiger partial charge on any atom is -0.492 e. The van der Waals surface area contributed by atoms with E-state index < -0.39 is 0 Å². The summed E-state index contributed by atoms with van der Waals surface area (Å²) in [6, 6.07) is 10.6. The standard InChI is InChI=1S/C16H25NO/c1-13-7-6-8-14(11-13)16(17-2)12-18-15-9-4-3-5-10-15/h3-5,9-10,13-14,16-17H,6-8,11-12H2,1-2H3. The molecule has 0 amide bonds. The Morgan fingerprint density at radius 1 is 1.28 bits per heavy atom. The first-order valence-electron chi connectivity index (χ1n) is 7.14. The minimum absolute atomic E-state index is 0.480. The molecule has 0 aliphatic heterocycles. The van der Waals surface area contributed by atoms with E-state index >= 15 is 0 Å². The van der Waals surface area contributed by atoms with Gasteiger partial charge in [0.1, 0.15) is 12.4 Å². The van der Waals surface area contributed by atoms with Crippen LogP contribution in [0.4, 0.5) is 0 Å². The summed E-state index contributed by atoms with van der Waals surface area (Å²) >= 11 is 0. The Bertz CT molecular complexity index is 338. The second-order valence-electron chi connectivity index (χ2n) is 5.55. The molecule has 3 unspecified atom stereocenters. The van der Waals surface area contributed by atoms with Gasteiger partial charge in [0.15, 0.2) is 0 Å². The van der Waals surface area contributed by atoms with Crippen LogP contribution in [0.2, 0.25) is 0 Å². The van der Waals surface area contributed by atoms with E-state index in [-0.39, 0.29) is 0 Å². The van der Waals surface area contributed by atoms with Crippen LogP contribution in [0.3, 0.4) is 0 Å². The Hall–Kier alpha value is -1.02. The molecule has 1 saturated carbocycles. The van der Waals surface area contributed by atoms with Crippen LogP contribution in [0, 0.1) is 11.8 Å². The van der Waals surface area contributed by atoms with E-state index in [0.717, 1.165) is 24.2 Å². The molecule has 18 heavy (non-hydrogen) atoms. The first kappa shape index (κ1) is 13.4. The summed E-state index contributed by atoms with van der Waals surface area (Å²) in [5, 5.41) is 3.44. The van der Waals surface area contributed by atoms with E-state index in [4.69, 9.17) is 4.74 Å². The van der Waals surface area contributed by atoms with Crippen molar-refractivity contribution in [2.45, 2.75) is 38.6 Å². The van der Waals surface area contributed by atoms with Crippen LogP contribution in [0.25, 0.3) is 0 Å². The van der Waals surface area contributed by atoms with Crippen molar-refractivity contribution in [3.63, 3.8) is 0 Å². The fourth-order valence-electron chi connectivity index (χ4n) is 3.00. The minimum atomic E-state index is 0.480. The Kier molecular flexibility index (Phi) is 5.06. The van der Waals surface area contributed by atoms with Crippen LogP contribution >= 0.6 is 0 Å². The van der Waals surface area contributed by atoms with Gasteiger partial charge >= 0.3 is 0 Å². The average molecular weight is 247 g/mol. The molecule has 0 radical (unpaired) electrons. The quantitative estimate of drug-likeness (QED) is 0.860. The van der Waals surface area contributed by atoms with E-state index in [2.05, 4.69) is 19.3 Å². The number of ether oxygens (including phenoxy) is 1. The lowest BCUT2D eigenvalue weighted by molar-refractivity contribution is 0.171. The molecule has 2 rings (SSSR count). The molecule has 1 N–H and O–H groups in total. The van der Waals surface area contributed by atoms with Crippen molar-refractivity contribution in [2.75, 3.05) is 13.7 Å². The van der Waals surface area contributed by atoms with E-state index in [9.17, 15) is 0 Å². The number of benzene rings is 1. The number of hydrogen-bond acceptors (Lipinski definition) is 2. The molecule has 0 spiro atoms. The fourth-order valence-corrected chi connectivity index (χ4v) is 3.00. The lowest BCUT2D eigenvalue weighted by Gasteiger charge is -2.33. The zero-order valence-corrected chi connectivity index (χ0v) is 11.6. The van der Waals surface area contributed by atoms with E-state index in [0.29, 0.717) is 6.04 Å². The zero-order valence-electron chi connectivity index (χ0n) is 11.6. The third-order valence-electron chi connectivity index (χ3n) is 4.09. The SMILES string of the molecule is CNC(COc1ccccc1)C1CCCC(C)C1. The zero-order chi connectivity index (χ0) is 12.8. The second-order valence-corrected chi connectivity index (χ2v) is 5.55. The summed E-state index contributed by atoms with van der Waals surface area (Å²) in [7, 11) is 2.05. The second kappa shape index (κ2) is 6.79. The summed E-state index contributed by atoms with van der Waals surface area (Å²) in [5.74, 6) is 2.61. The third-order valence-corrected chi connectivity index (χ3v) is 4.09. The lowest BCUT2D eigenvalue weighted by atomic mass is 9.79. The van der Waals surface area contributed by atoms with Crippen LogP contribution in [0.1, 0.15) is 32.6 Å². The molecule has 0 aromatic heterocycles. The van der Waals surface area contributed by atoms with Gasteiger partial charge in [-0.25, -0.2) is 0 Å². The topological polar surface area (TPSA) is 21.3 Å². The molecule has 0 bridgehead atoms. The molecular weight excluding hydrogens is 222 g/mol. The summed E-state index contributed by atoms with van der Waals surface area (Å²) in [6.07, 6.45) is 5.44. The molecule has 1 aromatic rings. The number of para-hydroxylation sites is 1. The highest BCUT2D eigenvalue weighted by atomic mass is 16.5. The Morgan fingerprint density at radius 3 is 2.72 bits per heavy atom. The largest absolute Gasteiger partial charge is 0.492 e. The van der Waals surface area contributed by atoms with Crippen LogP contribution in [0.5, 0.6) is 5.75 Å². The van der Waals surface area contributed by atoms with Crippen molar-refractivity contribution in [1.29, 1.82) is 0 Å². The Balaban J connectivity index is 1.85. The highest BCUT2D eigenvalue weighted by molar-refractivity contribution is 5.20. The first-order valence-corrected chi connectivity index (χ1v) is 7.14. The highest BCUT2D eigenvalue weighted by Crippen LogP contribution is 2.30. The summed E-state index contributed by atoms with van der Waals surface area (Å²) in [6.45, 7) is 3.15. The van der Waals surface area contributed by atoms with Crippen molar-refractivity contribution in [3.05, 3.63) is 30.3 Å². The van der Waals surface area contributed by atoms with E-state index in [1.807, 2.05) is 30.3 Å². The van der Waals surface area contributed by atoms with Gasteiger partial charge in [0.25, 0.3) is 0 Å². The van der Waals surface area contributed by atoms with Gasteiger partial charge < -0.3 is 10.1 Å². The van der Waals surface area contributed by atoms with E-state index in [1.54, 1.807) is 0 Å². The summed E-state index contributed by atoms with van der Waals surface area (Å²) < 4.78 is 5.88. The first-order chi connectivity index (χ1) is 8.79. The van der Waals surface area contributed by atoms with Crippen LogP contribution in [0.15, 0.2) is 30.3 Å². The smallest absolute Gasteiger partial charge is 0.119 e. The third kappa shape index (κ3) is 3.74. The molecule has 2 nitrogen and oxygen atoms in total. The maximum absolute atomic E-state index is 5.88. The van der Waals surface area contributed by atoms with Crippen molar-refractivity contribution < 1.29 is 4.74 Å². The Morgan fingerprint density at radius 2 is 2.06 bits per heavy atom. The molecule has 0 heterocycles. The fraction of sp³-hybridized carbons (Fsp3) is 0.625. The number of likely N-dealkylation sites (N-methyl/N-ethyl adjacent to an activating group) is 1. The number of hydrogen-bond donors (Lipinski definition) is 1. The molecular formula is C16H25NO. The van der Waals surface area contributed by atoms with Gasteiger partial charge in [-0.2, -0.15) is 0 Å². The predicted octanol–water partition coefficient (Wildman–Crippen LogP) is 3.48. The molecule has 2 heteroatoms. The predicted molar refractivity (Wildman–Crippen MR) is 75.9 cm³/mol. The summed E-state index contributed by atoms with van der Waals surface area (Å²) in [5.41, 5.74) is 0. The molecule has 1 fully saturated rings. The molecule has 1 aliphatic rings. The van der Waals surface area contributed by atoms with Gasteiger partial charge in [0.05, 0.1) is 0 Å². The normalized spacial score (nSPS) is 25.7. The van der Waals surface area contributed by atoms with Crippen molar-refractivity contribution >= 4 is 0 Å².